The van der Waals surface area contributed by atoms with E-state index in [1.54, 1.807) is 11.8 Å². The number of carbonyl (C=O) groups excluding carboxylic acids is 1. The van der Waals surface area contributed by atoms with Crippen LogP contribution in [0.5, 0.6) is 0 Å². The number of esters is 1. The molecule has 0 radical (unpaired) electrons. The highest BCUT2D eigenvalue weighted by Gasteiger charge is 2.25. The summed E-state index contributed by atoms with van der Waals surface area (Å²) in [5.41, 5.74) is 0. The van der Waals surface area contributed by atoms with Gasteiger partial charge in [0, 0.05) is 11.8 Å². The third-order valence-corrected chi connectivity index (χ3v) is 3.36. The monoisotopic (exact) mass is 233 g/mol. The SMILES string of the molecule is CCOC(=O)C(CC)N(C)C(C)CSC. The fourth-order valence-electron chi connectivity index (χ4n) is 1.53. The molecule has 4 heteroatoms. The van der Waals surface area contributed by atoms with Crippen molar-refractivity contribution in [3.8, 4) is 0 Å². The second kappa shape index (κ2) is 7.99. The zero-order valence-corrected chi connectivity index (χ0v) is 11.3. The molecular formula is C11H23NO2S. The average Bonchev–Trinajstić information content (AvgIpc) is 2.19. The number of thioether (sulfide) groups is 1. The molecule has 0 aliphatic heterocycles. The molecule has 2 atom stereocenters. The van der Waals surface area contributed by atoms with Crippen molar-refractivity contribution in [3.05, 3.63) is 0 Å². The van der Waals surface area contributed by atoms with Gasteiger partial charge in [0.25, 0.3) is 0 Å². The number of nitrogens with zero attached hydrogens (tertiary/aromatic N) is 1. The lowest BCUT2D eigenvalue weighted by molar-refractivity contribution is -0.149. The van der Waals surface area contributed by atoms with Gasteiger partial charge in [0.15, 0.2) is 0 Å². The van der Waals surface area contributed by atoms with Crippen molar-refractivity contribution >= 4 is 17.7 Å². The average molecular weight is 233 g/mol. The minimum absolute atomic E-state index is 0.101. The fourth-order valence-corrected chi connectivity index (χ4v) is 2.24. The Morgan fingerprint density at radius 2 is 2.07 bits per heavy atom. The highest BCUT2D eigenvalue weighted by molar-refractivity contribution is 7.98. The van der Waals surface area contributed by atoms with Crippen molar-refractivity contribution in [1.82, 2.24) is 4.90 Å². The second-order valence-electron chi connectivity index (χ2n) is 3.65. The van der Waals surface area contributed by atoms with Crippen molar-refractivity contribution in [2.45, 2.75) is 39.3 Å². The standard InChI is InChI=1S/C11H23NO2S/c1-6-10(11(13)14-7-2)12(4)9(3)8-15-5/h9-10H,6-8H2,1-5H3. The van der Waals surface area contributed by atoms with Gasteiger partial charge in [-0.2, -0.15) is 11.8 Å². The topological polar surface area (TPSA) is 29.5 Å². The van der Waals surface area contributed by atoms with Crippen LogP contribution in [0.4, 0.5) is 0 Å². The Hall–Kier alpha value is -0.220. The summed E-state index contributed by atoms with van der Waals surface area (Å²) in [6.07, 6.45) is 2.88. The van der Waals surface area contributed by atoms with E-state index in [1.807, 2.05) is 20.9 Å². The Morgan fingerprint density at radius 1 is 1.47 bits per heavy atom. The maximum Gasteiger partial charge on any atom is 0.323 e. The van der Waals surface area contributed by atoms with Gasteiger partial charge in [0.1, 0.15) is 6.04 Å². The molecule has 2 unspecified atom stereocenters. The number of carbonyl (C=O) groups is 1. The minimum Gasteiger partial charge on any atom is -0.465 e. The van der Waals surface area contributed by atoms with Crippen molar-refractivity contribution in [2.24, 2.45) is 0 Å². The fraction of sp³-hybridized carbons (Fsp3) is 0.909. The quantitative estimate of drug-likeness (QED) is 0.629. The van der Waals surface area contributed by atoms with Gasteiger partial charge >= 0.3 is 5.97 Å². The van der Waals surface area contributed by atoms with Crippen molar-refractivity contribution in [1.29, 1.82) is 0 Å². The van der Waals surface area contributed by atoms with Crippen LogP contribution in [0.25, 0.3) is 0 Å². The van der Waals surface area contributed by atoms with Gasteiger partial charge in [-0.05, 0) is 33.6 Å². The zero-order chi connectivity index (χ0) is 11.8. The molecule has 0 rings (SSSR count). The second-order valence-corrected chi connectivity index (χ2v) is 4.56. The van der Waals surface area contributed by atoms with E-state index >= 15 is 0 Å². The highest BCUT2D eigenvalue weighted by Crippen LogP contribution is 2.11. The van der Waals surface area contributed by atoms with Gasteiger partial charge in [-0.25, -0.2) is 0 Å². The number of rotatable bonds is 7. The molecule has 90 valence electrons. The van der Waals surface area contributed by atoms with Gasteiger partial charge in [0.2, 0.25) is 0 Å². The van der Waals surface area contributed by atoms with E-state index in [0.717, 1.165) is 12.2 Å². The summed E-state index contributed by atoms with van der Waals surface area (Å²) in [6.45, 7) is 6.46. The molecule has 0 aromatic carbocycles. The Bertz CT molecular complexity index is 187. The smallest absolute Gasteiger partial charge is 0.323 e. The predicted octanol–water partition coefficient (Wildman–Crippen LogP) is 2.01. The largest absolute Gasteiger partial charge is 0.465 e. The van der Waals surface area contributed by atoms with Gasteiger partial charge < -0.3 is 4.74 Å². The molecule has 0 aliphatic carbocycles. The van der Waals surface area contributed by atoms with Crippen LogP contribution in [0.15, 0.2) is 0 Å². The normalized spacial score (nSPS) is 15.1. The summed E-state index contributed by atoms with van der Waals surface area (Å²) >= 11 is 1.80. The molecule has 3 nitrogen and oxygen atoms in total. The first-order valence-electron chi connectivity index (χ1n) is 5.45. The van der Waals surface area contributed by atoms with E-state index in [-0.39, 0.29) is 12.0 Å². The summed E-state index contributed by atoms with van der Waals surface area (Å²) < 4.78 is 5.06. The van der Waals surface area contributed by atoms with Gasteiger partial charge in [-0.1, -0.05) is 6.92 Å². The molecule has 0 fully saturated rings. The van der Waals surface area contributed by atoms with E-state index in [1.165, 1.54) is 0 Å². The van der Waals surface area contributed by atoms with Crippen LogP contribution in [-0.2, 0) is 9.53 Å². The van der Waals surface area contributed by atoms with Crippen LogP contribution in [0, 0.1) is 0 Å². The number of hydrogen-bond donors (Lipinski definition) is 0. The highest BCUT2D eigenvalue weighted by atomic mass is 32.2. The molecule has 0 heterocycles. The lowest BCUT2D eigenvalue weighted by Gasteiger charge is -2.30. The summed E-state index contributed by atoms with van der Waals surface area (Å²) in [4.78, 5) is 13.8. The lowest BCUT2D eigenvalue weighted by Crippen LogP contribution is -2.45. The Balaban J connectivity index is 4.31. The maximum atomic E-state index is 11.7. The molecule has 0 bridgehead atoms. The van der Waals surface area contributed by atoms with Gasteiger partial charge in [0.05, 0.1) is 6.61 Å². The van der Waals surface area contributed by atoms with E-state index < -0.39 is 0 Å². The summed E-state index contributed by atoms with van der Waals surface area (Å²) in [5.74, 6) is 0.933. The zero-order valence-electron chi connectivity index (χ0n) is 10.4. The number of ether oxygens (including phenoxy) is 1. The third-order valence-electron chi connectivity index (χ3n) is 2.54. The van der Waals surface area contributed by atoms with Crippen molar-refractivity contribution in [3.63, 3.8) is 0 Å². The van der Waals surface area contributed by atoms with Crippen molar-refractivity contribution < 1.29 is 9.53 Å². The Kier molecular flexibility index (Phi) is 7.88. The summed E-state index contributed by atoms with van der Waals surface area (Å²) in [6, 6.07) is 0.293. The first-order chi connectivity index (χ1) is 7.08. The molecule has 0 aromatic heterocycles. The molecule has 0 N–H and O–H groups in total. The van der Waals surface area contributed by atoms with Crippen LogP contribution < -0.4 is 0 Å². The molecular weight excluding hydrogens is 210 g/mol. The van der Waals surface area contributed by atoms with Crippen LogP contribution in [0.2, 0.25) is 0 Å². The maximum absolute atomic E-state index is 11.7. The molecule has 0 aliphatic rings. The minimum atomic E-state index is -0.105. The number of hydrogen-bond acceptors (Lipinski definition) is 4. The van der Waals surface area contributed by atoms with Crippen molar-refractivity contribution in [2.75, 3.05) is 25.7 Å². The Morgan fingerprint density at radius 3 is 2.47 bits per heavy atom. The first-order valence-corrected chi connectivity index (χ1v) is 6.85. The van der Waals surface area contributed by atoms with Crippen LogP contribution >= 0.6 is 11.8 Å². The van der Waals surface area contributed by atoms with Gasteiger partial charge in [-0.3, -0.25) is 9.69 Å². The van der Waals surface area contributed by atoms with E-state index in [2.05, 4.69) is 18.1 Å². The van der Waals surface area contributed by atoms with Crippen LogP contribution in [0.1, 0.15) is 27.2 Å². The molecule has 0 saturated carbocycles. The lowest BCUT2D eigenvalue weighted by atomic mass is 10.1. The first kappa shape index (κ1) is 14.8. The molecule has 0 amide bonds. The third kappa shape index (κ3) is 4.89. The van der Waals surface area contributed by atoms with Crippen LogP contribution in [-0.4, -0.2) is 48.6 Å². The van der Waals surface area contributed by atoms with E-state index in [0.29, 0.717) is 12.6 Å². The van der Waals surface area contributed by atoms with E-state index in [9.17, 15) is 4.79 Å². The van der Waals surface area contributed by atoms with Crippen LogP contribution in [0.3, 0.4) is 0 Å². The summed E-state index contributed by atoms with van der Waals surface area (Å²) in [5, 5.41) is 0. The molecule has 0 aromatic rings. The van der Waals surface area contributed by atoms with Gasteiger partial charge in [-0.15, -0.1) is 0 Å². The number of likely N-dealkylation sites (N-methyl/N-ethyl adjacent to an activating group) is 1. The molecule has 15 heavy (non-hydrogen) atoms. The molecule has 0 spiro atoms. The van der Waals surface area contributed by atoms with E-state index in [4.69, 9.17) is 4.74 Å². The Labute approximate surface area is 97.5 Å². The predicted molar refractivity (Wildman–Crippen MR) is 66.3 cm³/mol. The summed E-state index contributed by atoms with van der Waals surface area (Å²) in [7, 11) is 1.99. The molecule has 0 saturated heterocycles.